The van der Waals surface area contributed by atoms with Gasteiger partial charge in [-0.2, -0.15) is 5.10 Å². The van der Waals surface area contributed by atoms with E-state index in [1.165, 1.54) is 4.68 Å². The van der Waals surface area contributed by atoms with Gasteiger partial charge in [0.05, 0.1) is 5.69 Å². The van der Waals surface area contributed by atoms with E-state index in [-0.39, 0.29) is 11.8 Å². The van der Waals surface area contributed by atoms with Crippen LogP contribution < -0.4 is 5.32 Å². The SMILES string of the molecule is CCCCC(=O)Nc1ccc(C(=O)n2nc(C)c(C)c2C)cc1. The molecule has 0 saturated carbocycles. The second-order valence-corrected chi connectivity index (χ2v) is 5.74. The molecule has 1 aromatic carbocycles. The first-order chi connectivity index (χ1) is 10.9. The van der Waals surface area contributed by atoms with Crippen molar-refractivity contribution >= 4 is 17.5 Å². The highest BCUT2D eigenvalue weighted by atomic mass is 16.2. The Morgan fingerprint density at radius 1 is 1.13 bits per heavy atom. The Kier molecular flexibility index (Phi) is 5.32. The van der Waals surface area contributed by atoms with Crippen LogP contribution in [-0.4, -0.2) is 21.6 Å². The third kappa shape index (κ3) is 3.86. The molecule has 0 fully saturated rings. The minimum atomic E-state index is -0.164. The standard InChI is InChI=1S/C18H23N3O2/c1-5-6-7-17(22)19-16-10-8-15(9-11-16)18(23)21-14(4)12(2)13(3)20-21/h8-11H,5-7H2,1-4H3,(H,19,22). The summed E-state index contributed by atoms with van der Waals surface area (Å²) in [4.78, 5) is 24.2. The highest BCUT2D eigenvalue weighted by Crippen LogP contribution is 2.15. The van der Waals surface area contributed by atoms with Gasteiger partial charge in [0, 0.05) is 23.4 Å². The van der Waals surface area contributed by atoms with E-state index in [1.807, 2.05) is 27.7 Å². The van der Waals surface area contributed by atoms with Gasteiger partial charge in [-0.15, -0.1) is 0 Å². The van der Waals surface area contributed by atoms with E-state index < -0.39 is 0 Å². The van der Waals surface area contributed by atoms with Gasteiger partial charge in [0.15, 0.2) is 0 Å². The third-order valence-corrected chi connectivity index (χ3v) is 4.02. The van der Waals surface area contributed by atoms with Crippen molar-refractivity contribution in [2.24, 2.45) is 0 Å². The van der Waals surface area contributed by atoms with Crippen LogP contribution in [0.1, 0.15) is 53.5 Å². The average molecular weight is 313 g/mol. The quantitative estimate of drug-likeness (QED) is 0.917. The number of aromatic nitrogens is 2. The number of aryl methyl sites for hydroxylation is 1. The lowest BCUT2D eigenvalue weighted by atomic mass is 10.1. The zero-order valence-electron chi connectivity index (χ0n) is 14.1. The molecular weight excluding hydrogens is 290 g/mol. The lowest BCUT2D eigenvalue weighted by Crippen LogP contribution is -2.16. The Morgan fingerprint density at radius 2 is 1.78 bits per heavy atom. The predicted molar refractivity (Wildman–Crippen MR) is 90.8 cm³/mol. The van der Waals surface area contributed by atoms with E-state index in [0.717, 1.165) is 29.8 Å². The molecule has 0 bridgehead atoms. The van der Waals surface area contributed by atoms with E-state index in [9.17, 15) is 9.59 Å². The summed E-state index contributed by atoms with van der Waals surface area (Å²) in [7, 11) is 0. The van der Waals surface area contributed by atoms with Gasteiger partial charge in [0.1, 0.15) is 0 Å². The summed E-state index contributed by atoms with van der Waals surface area (Å²) in [5, 5.41) is 7.12. The number of carbonyl (C=O) groups excluding carboxylic acids is 2. The highest BCUT2D eigenvalue weighted by molar-refractivity contribution is 5.97. The fraction of sp³-hybridized carbons (Fsp3) is 0.389. The van der Waals surface area contributed by atoms with Crippen LogP contribution in [0.4, 0.5) is 5.69 Å². The summed E-state index contributed by atoms with van der Waals surface area (Å²) in [6.07, 6.45) is 2.38. The molecule has 0 unspecified atom stereocenters. The normalized spacial score (nSPS) is 10.6. The Morgan fingerprint density at radius 3 is 2.30 bits per heavy atom. The van der Waals surface area contributed by atoms with E-state index in [0.29, 0.717) is 17.7 Å². The fourth-order valence-corrected chi connectivity index (χ4v) is 2.30. The van der Waals surface area contributed by atoms with Gasteiger partial charge >= 0.3 is 0 Å². The van der Waals surface area contributed by atoms with Gasteiger partial charge in [-0.05, 0) is 57.0 Å². The molecule has 0 aliphatic carbocycles. The number of hydrogen-bond donors (Lipinski definition) is 1. The molecule has 0 aliphatic heterocycles. The van der Waals surface area contributed by atoms with Crippen LogP contribution in [0.2, 0.25) is 0 Å². The number of amides is 1. The first-order valence-electron chi connectivity index (χ1n) is 7.91. The Bertz CT molecular complexity index is 715. The minimum Gasteiger partial charge on any atom is -0.326 e. The summed E-state index contributed by atoms with van der Waals surface area (Å²) in [6, 6.07) is 6.92. The first kappa shape index (κ1) is 16.9. The molecule has 1 heterocycles. The number of anilines is 1. The number of nitrogens with zero attached hydrogens (tertiary/aromatic N) is 2. The summed E-state index contributed by atoms with van der Waals surface area (Å²) < 4.78 is 1.43. The van der Waals surface area contributed by atoms with E-state index in [4.69, 9.17) is 0 Å². The zero-order chi connectivity index (χ0) is 17.0. The van der Waals surface area contributed by atoms with Crippen LogP contribution >= 0.6 is 0 Å². The molecule has 5 nitrogen and oxygen atoms in total. The second-order valence-electron chi connectivity index (χ2n) is 5.74. The van der Waals surface area contributed by atoms with Crippen LogP contribution in [0.15, 0.2) is 24.3 Å². The monoisotopic (exact) mass is 313 g/mol. The Labute approximate surface area is 136 Å². The molecule has 0 aliphatic rings. The van der Waals surface area contributed by atoms with Gasteiger partial charge in [-0.25, -0.2) is 4.68 Å². The molecular formula is C18H23N3O2. The molecule has 23 heavy (non-hydrogen) atoms. The zero-order valence-corrected chi connectivity index (χ0v) is 14.1. The number of carbonyl (C=O) groups is 2. The van der Waals surface area contributed by atoms with Crippen LogP contribution in [0.5, 0.6) is 0 Å². The van der Waals surface area contributed by atoms with E-state index in [2.05, 4.69) is 10.4 Å². The lowest BCUT2D eigenvalue weighted by Gasteiger charge is -2.07. The molecule has 5 heteroatoms. The summed E-state index contributed by atoms with van der Waals surface area (Å²) >= 11 is 0. The Balaban J connectivity index is 2.11. The number of benzene rings is 1. The summed E-state index contributed by atoms with van der Waals surface area (Å²) in [5.41, 5.74) is 3.98. The van der Waals surface area contributed by atoms with Crippen molar-refractivity contribution in [3.63, 3.8) is 0 Å². The van der Waals surface area contributed by atoms with Crippen LogP contribution in [0.3, 0.4) is 0 Å². The maximum absolute atomic E-state index is 12.5. The average Bonchev–Trinajstić information content (AvgIpc) is 2.80. The minimum absolute atomic E-state index is 0.0000896. The van der Waals surface area contributed by atoms with Crippen molar-refractivity contribution in [3.8, 4) is 0 Å². The fourth-order valence-electron chi connectivity index (χ4n) is 2.30. The van der Waals surface area contributed by atoms with Gasteiger partial charge < -0.3 is 5.32 Å². The molecule has 122 valence electrons. The van der Waals surface area contributed by atoms with E-state index in [1.54, 1.807) is 24.3 Å². The predicted octanol–water partition coefficient (Wildman–Crippen LogP) is 3.63. The highest BCUT2D eigenvalue weighted by Gasteiger charge is 2.15. The summed E-state index contributed by atoms with van der Waals surface area (Å²) in [6.45, 7) is 7.78. The molecule has 0 radical (unpaired) electrons. The maximum Gasteiger partial charge on any atom is 0.278 e. The molecule has 0 atom stereocenters. The van der Waals surface area contributed by atoms with Crippen molar-refractivity contribution < 1.29 is 9.59 Å². The second kappa shape index (κ2) is 7.22. The van der Waals surface area contributed by atoms with Crippen molar-refractivity contribution in [3.05, 3.63) is 46.8 Å². The van der Waals surface area contributed by atoms with Crippen LogP contribution in [0, 0.1) is 20.8 Å². The van der Waals surface area contributed by atoms with Gasteiger partial charge in [0.2, 0.25) is 5.91 Å². The molecule has 0 saturated heterocycles. The van der Waals surface area contributed by atoms with Crippen molar-refractivity contribution in [2.75, 3.05) is 5.32 Å². The van der Waals surface area contributed by atoms with Crippen molar-refractivity contribution in [1.82, 2.24) is 9.78 Å². The third-order valence-electron chi connectivity index (χ3n) is 4.02. The largest absolute Gasteiger partial charge is 0.326 e. The molecule has 1 aromatic heterocycles. The number of unbranched alkanes of at least 4 members (excludes halogenated alkanes) is 1. The molecule has 0 spiro atoms. The number of nitrogens with one attached hydrogen (secondary N) is 1. The topological polar surface area (TPSA) is 64.0 Å². The first-order valence-corrected chi connectivity index (χ1v) is 7.91. The van der Waals surface area contributed by atoms with Gasteiger partial charge in [-0.3, -0.25) is 9.59 Å². The van der Waals surface area contributed by atoms with Crippen LogP contribution in [0.25, 0.3) is 0 Å². The number of rotatable bonds is 5. The summed E-state index contributed by atoms with van der Waals surface area (Å²) in [5.74, 6) is -0.164. The van der Waals surface area contributed by atoms with Crippen molar-refractivity contribution in [2.45, 2.75) is 47.0 Å². The molecule has 1 amide bonds. The molecule has 2 rings (SSSR count). The van der Waals surface area contributed by atoms with Gasteiger partial charge in [-0.1, -0.05) is 13.3 Å². The van der Waals surface area contributed by atoms with Crippen LogP contribution in [-0.2, 0) is 4.79 Å². The van der Waals surface area contributed by atoms with Gasteiger partial charge in [0.25, 0.3) is 5.91 Å². The smallest absolute Gasteiger partial charge is 0.278 e. The maximum atomic E-state index is 12.5. The Hall–Kier alpha value is -2.43. The number of hydrogen-bond acceptors (Lipinski definition) is 3. The van der Waals surface area contributed by atoms with Crippen molar-refractivity contribution in [1.29, 1.82) is 0 Å². The lowest BCUT2D eigenvalue weighted by molar-refractivity contribution is -0.116. The molecule has 2 aromatic rings. The van der Waals surface area contributed by atoms with E-state index >= 15 is 0 Å². The molecule has 1 N–H and O–H groups in total.